The molecule has 1 aliphatic carbocycles. The normalized spacial score (nSPS) is 15.0. The molecule has 2 aromatic rings. The summed E-state index contributed by atoms with van der Waals surface area (Å²) in [5, 5.41) is 0. The van der Waals surface area contributed by atoms with Crippen molar-refractivity contribution in [3.05, 3.63) is 51.2 Å². The Labute approximate surface area is 144 Å². The summed E-state index contributed by atoms with van der Waals surface area (Å²) in [5.41, 5.74) is 2.00. The van der Waals surface area contributed by atoms with E-state index in [1.165, 1.54) is 7.11 Å². The van der Waals surface area contributed by atoms with Crippen LogP contribution in [0.2, 0.25) is 0 Å². The Bertz CT molecular complexity index is 986. The van der Waals surface area contributed by atoms with Gasteiger partial charge in [-0.2, -0.15) is 0 Å². The molecule has 7 heteroatoms. The third-order valence-corrected chi connectivity index (χ3v) is 3.89. The first-order valence-electron chi connectivity index (χ1n) is 7.59. The van der Waals surface area contributed by atoms with Crippen molar-refractivity contribution >= 4 is 23.3 Å². The van der Waals surface area contributed by atoms with Crippen LogP contribution in [0.15, 0.2) is 33.6 Å². The minimum atomic E-state index is -0.384. The lowest BCUT2D eigenvalue weighted by molar-refractivity contribution is 0.106. The summed E-state index contributed by atoms with van der Waals surface area (Å²) in [6.45, 7) is 3.38. The molecular weight excluding hydrogens is 322 g/mol. The molecule has 0 saturated heterocycles. The Morgan fingerprint density at radius 1 is 1.08 bits per heavy atom. The molecule has 0 amide bonds. The van der Waals surface area contributed by atoms with Gasteiger partial charge < -0.3 is 14.5 Å². The summed E-state index contributed by atoms with van der Waals surface area (Å²) in [5.74, 6) is 0.720. The van der Waals surface area contributed by atoms with Crippen LogP contribution in [0.1, 0.15) is 28.8 Å². The topological polar surface area (TPSA) is 93.6 Å². The number of aromatic nitrogens is 2. The highest BCUT2D eigenvalue weighted by Crippen LogP contribution is 2.32. The molecule has 1 aromatic carbocycles. The number of carbonyl (C=O) groups excluding carboxylic acids is 1. The Kier molecular flexibility index (Phi) is 4.22. The van der Waals surface area contributed by atoms with Crippen molar-refractivity contribution in [2.75, 3.05) is 14.2 Å². The van der Waals surface area contributed by atoms with Crippen LogP contribution in [-0.2, 0) is 0 Å². The molecule has 3 rings (SSSR count). The zero-order valence-corrected chi connectivity index (χ0v) is 14.3. The molecule has 0 fully saturated rings. The van der Waals surface area contributed by atoms with Gasteiger partial charge in [0.2, 0.25) is 5.78 Å². The minimum Gasteiger partial charge on any atom is -0.493 e. The molecule has 0 radical (unpaired) electrons. The number of H-pyrrole nitrogens is 1. The molecule has 0 saturated carbocycles. The average Bonchev–Trinajstić information content (AvgIpc) is 2.60. The van der Waals surface area contributed by atoms with Gasteiger partial charge in [0.25, 0.3) is 5.56 Å². The summed E-state index contributed by atoms with van der Waals surface area (Å²) in [6, 6.07) is 5.12. The molecule has 1 heterocycles. The molecule has 0 aliphatic heterocycles. The predicted molar refractivity (Wildman–Crippen MR) is 94.2 cm³/mol. The third-order valence-electron chi connectivity index (χ3n) is 3.89. The minimum absolute atomic E-state index is 0.153. The standard InChI is InChI=1S/C18H17N3O4/c1-9-7-12-16(21-18(23)10(2)19-12)17(22)15(9)20-11-5-6-13(24-3)14(8-11)25-4/h5-8H,1-4H3,(H,21,23). The number of nitrogens with one attached hydrogen (secondary N) is 1. The lowest BCUT2D eigenvalue weighted by Crippen LogP contribution is -2.27. The Balaban J connectivity index is 2.09. The number of nitrogens with zero attached hydrogens (tertiary/aromatic N) is 2. The molecule has 0 spiro atoms. The molecule has 1 N–H and O–H groups in total. The van der Waals surface area contributed by atoms with Gasteiger partial charge in [-0.1, -0.05) is 0 Å². The fourth-order valence-corrected chi connectivity index (χ4v) is 2.57. The number of aryl methyl sites for hydroxylation is 1. The van der Waals surface area contributed by atoms with E-state index in [2.05, 4.69) is 15.0 Å². The van der Waals surface area contributed by atoms with Crippen molar-refractivity contribution < 1.29 is 14.3 Å². The summed E-state index contributed by atoms with van der Waals surface area (Å²) < 4.78 is 10.4. The second kappa shape index (κ2) is 6.35. The third kappa shape index (κ3) is 2.96. The van der Waals surface area contributed by atoms with Gasteiger partial charge in [-0.05, 0) is 37.6 Å². The smallest absolute Gasteiger partial charge is 0.269 e. The largest absolute Gasteiger partial charge is 0.493 e. The van der Waals surface area contributed by atoms with E-state index in [9.17, 15) is 9.59 Å². The molecular formula is C18H17N3O4. The Morgan fingerprint density at radius 3 is 2.48 bits per heavy atom. The Morgan fingerprint density at radius 2 is 1.80 bits per heavy atom. The van der Waals surface area contributed by atoms with Crippen LogP contribution in [0.25, 0.3) is 6.08 Å². The van der Waals surface area contributed by atoms with Crippen LogP contribution in [0, 0.1) is 6.92 Å². The SMILES string of the molecule is COc1ccc(N=C2C(=O)c3[nH]c(=O)c(C)nc3C=C2C)cc1OC. The number of hydrogen-bond acceptors (Lipinski definition) is 6. The van der Waals surface area contributed by atoms with Gasteiger partial charge >= 0.3 is 0 Å². The van der Waals surface area contributed by atoms with E-state index in [-0.39, 0.29) is 22.7 Å². The number of ketones is 1. The quantitative estimate of drug-likeness (QED) is 0.927. The summed E-state index contributed by atoms with van der Waals surface area (Å²) in [6.07, 6.45) is 1.74. The van der Waals surface area contributed by atoms with Crippen molar-refractivity contribution in [2.45, 2.75) is 13.8 Å². The van der Waals surface area contributed by atoms with Gasteiger partial charge in [-0.15, -0.1) is 0 Å². The Hall–Kier alpha value is -3.22. The van der Waals surface area contributed by atoms with Gasteiger partial charge in [-0.25, -0.2) is 9.98 Å². The number of carbonyl (C=O) groups is 1. The van der Waals surface area contributed by atoms with Crippen molar-refractivity contribution in [1.82, 2.24) is 9.97 Å². The molecule has 128 valence electrons. The number of hydrogen-bond donors (Lipinski definition) is 1. The molecule has 1 aromatic heterocycles. The van der Waals surface area contributed by atoms with Crippen molar-refractivity contribution in [3.63, 3.8) is 0 Å². The first-order valence-corrected chi connectivity index (χ1v) is 7.59. The summed E-state index contributed by atoms with van der Waals surface area (Å²) >= 11 is 0. The average molecular weight is 339 g/mol. The number of aromatic amines is 1. The second-order valence-electron chi connectivity index (χ2n) is 5.57. The number of allylic oxidation sites excluding steroid dienone is 1. The lowest BCUT2D eigenvalue weighted by Gasteiger charge is -2.15. The van der Waals surface area contributed by atoms with Crippen LogP contribution in [0.3, 0.4) is 0 Å². The van der Waals surface area contributed by atoms with Gasteiger partial charge in [-0.3, -0.25) is 9.59 Å². The summed E-state index contributed by atoms with van der Waals surface area (Å²) in [4.78, 5) is 35.7. The highest BCUT2D eigenvalue weighted by Gasteiger charge is 2.26. The van der Waals surface area contributed by atoms with Gasteiger partial charge in [0, 0.05) is 6.07 Å². The van der Waals surface area contributed by atoms with Gasteiger partial charge in [0.1, 0.15) is 17.1 Å². The maximum Gasteiger partial charge on any atom is 0.269 e. The molecule has 1 aliphatic rings. The van der Waals surface area contributed by atoms with Crippen LogP contribution in [-0.4, -0.2) is 35.7 Å². The monoisotopic (exact) mass is 339 g/mol. The van der Waals surface area contributed by atoms with Crippen molar-refractivity contribution in [3.8, 4) is 11.5 Å². The molecule has 7 nitrogen and oxygen atoms in total. The zero-order valence-electron chi connectivity index (χ0n) is 14.3. The van der Waals surface area contributed by atoms with E-state index in [1.807, 2.05) is 0 Å². The predicted octanol–water partition coefficient (Wildman–Crippen LogP) is 2.47. The zero-order chi connectivity index (χ0) is 18.1. The number of aliphatic imine (C=N–C) groups is 1. The van der Waals surface area contributed by atoms with E-state index in [0.29, 0.717) is 34.1 Å². The number of ether oxygens (including phenoxy) is 2. The maximum absolute atomic E-state index is 12.7. The van der Waals surface area contributed by atoms with Gasteiger partial charge in [0.15, 0.2) is 11.5 Å². The van der Waals surface area contributed by atoms with Crippen molar-refractivity contribution in [1.29, 1.82) is 0 Å². The maximum atomic E-state index is 12.7. The first-order chi connectivity index (χ1) is 11.9. The highest BCUT2D eigenvalue weighted by atomic mass is 16.5. The number of rotatable bonds is 3. The summed E-state index contributed by atoms with van der Waals surface area (Å²) in [7, 11) is 3.07. The number of Topliss-reactive ketones (excluding diaryl/α,β-unsaturated/α-hetero) is 1. The number of methoxy groups -OCH3 is 2. The van der Waals surface area contributed by atoms with E-state index >= 15 is 0 Å². The van der Waals surface area contributed by atoms with E-state index in [4.69, 9.17) is 9.47 Å². The molecule has 0 bridgehead atoms. The van der Waals surface area contributed by atoms with E-state index in [1.54, 1.807) is 45.2 Å². The fraction of sp³-hybridized carbons (Fsp3) is 0.222. The first kappa shape index (κ1) is 16.6. The molecule has 0 unspecified atom stereocenters. The van der Waals surface area contributed by atoms with Crippen LogP contribution >= 0.6 is 0 Å². The molecule has 25 heavy (non-hydrogen) atoms. The highest BCUT2D eigenvalue weighted by molar-refractivity contribution is 6.53. The van der Waals surface area contributed by atoms with Gasteiger partial charge in [0.05, 0.1) is 25.6 Å². The fourth-order valence-electron chi connectivity index (χ4n) is 2.57. The number of benzene rings is 1. The molecule has 0 atom stereocenters. The lowest BCUT2D eigenvalue weighted by atomic mass is 9.97. The second-order valence-corrected chi connectivity index (χ2v) is 5.57. The van der Waals surface area contributed by atoms with E-state index in [0.717, 1.165) is 0 Å². The van der Waals surface area contributed by atoms with Crippen LogP contribution < -0.4 is 15.0 Å². The van der Waals surface area contributed by atoms with E-state index < -0.39 is 0 Å². The van der Waals surface area contributed by atoms with Crippen molar-refractivity contribution in [2.24, 2.45) is 4.99 Å². The number of fused-ring (bicyclic) bond motifs is 1. The van der Waals surface area contributed by atoms with Crippen LogP contribution in [0.5, 0.6) is 11.5 Å². The van der Waals surface area contributed by atoms with Crippen LogP contribution in [0.4, 0.5) is 5.69 Å².